The third-order valence-corrected chi connectivity index (χ3v) is 5.55. The van der Waals surface area contributed by atoms with Gasteiger partial charge in [-0.3, -0.25) is 4.79 Å². The number of carbonyl (C=O) groups is 1. The highest BCUT2D eigenvalue weighted by molar-refractivity contribution is 5.97. The third kappa shape index (κ3) is 0.911. The van der Waals surface area contributed by atoms with Gasteiger partial charge >= 0.3 is 0 Å². The molecular formula is C15H20O. The van der Waals surface area contributed by atoms with Crippen molar-refractivity contribution in [2.24, 2.45) is 22.7 Å². The lowest BCUT2D eigenvalue weighted by Gasteiger charge is -2.33. The summed E-state index contributed by atoms with van der Waals surface area (Å²) in [7, 11) is 0. The normalized spacial score (nSPS) is 44.1. The smallest absolute Gasteiger partial charge is 0.159 e. The van der Waals surface area contributed by atoms with Gasteiger partial charge in [0.05, 0.1) is 0 Å². The number of carbonyl (C=O) groups excluding carboxylic acids is 1. The first-order chi connectivity index (χ1) is 7.39. The Morgan fingerprint density at radius 1 is 1.38 bits per heavy atom. The van der Waals surface area contributed by atoms with E-state index in [1.54, 1.807) is 0 Å². The summed E-state index contributed by atoms with van der Waals surface area (Å²) in [4.78, 5) is 12.0. The van der Waals surface area contributed by atoms with Crippen molar-refractivity contribution in [3.8, 4) is 0 Å². The van der Waals surface area contributed by atoms with Crippen LogP contribution >= 0.6 is 0 Å². The summed E-state index contributed by atoms with van der Waals surface area (Å²) in [5.74, 6) is 1.22. The Labute approximate surface area is 97.6 Å². The monoisotopic (exact) mass is 216 g/mol. The van der Waals surface area contributed by atoms with Gasteiger partial charge in [0.15, 0.2) is 5.78 Å². The van der Waals surface area contributed by atoms with Crippen molar-refractivity contribution in [1.82, 2.24) is 0 Å². The van der Waals surface area contributed by atoms with E-state index in [4.69, 9.17) is 0 Å². The first-order valence-electron chi connectivity index (χ1n) is 6.33. The van der Waals surface area contributed by atoms with E-state index in [2.05, 4.69) is 33.8 Å². The molecule has 0 amide bonds. The number of hydrogen-bond acceptors (Lipinski definition) is 1. The van der Waals surface area contributed by atoms with Crippen LogP contribution in [0.3, 0.4) is 0 Å². The molecule has 1 heteroatoms. The number of fused-ring (bicyclic) bond motifs is 1. The standard InChI is InChI=1S/C15H20O/c1-9-5-6-15-8-11(9)14(3,4)13(15)7-12(16)10(15)2/h5,7,10-11H,6,8H2,1-4H3/t10-,11-,15-/m1/s1. The van der Waals surface area contributed by atoms with Gasteiger partial charge in [0.2, 0.25) is 0 Å². The predicted molar refractivity (Wildman–Crippen MR) is 64.9 cm³/mol. The maximum atomic E-state index is 12.0. The van der Waals surface area contributed by atoms with Crippen LogP contribution in [0.1, 0.15) is 40.5 Å². The molecule has 1 nitrogen and oxygen atoms in total. The number of ketones is 1. The van der Waals surface area contributed by atoms with E-state index in [1.807, 2.05) is 6.08 Å². The lowest BCUT2D eigenvalue weighted by atomic mass is 9.69. The van der Waals surface area contributed by atoms with Crippen LogP contribution in [0.15, 0.2) is 23.3 Å². The van der Waals surface area contributed by atoms with Crippen molar-refractivity contribution in [1.29, 1.82) is 0 Å². The zero-order valence-electron chi connectivity index (χ0n) is 10.6. The first-order valence-corrected chi connectivity index (χ1v) is 6.33. The molecule has 0 unspecified atom stereocenters. The van der Waals surface area contributed by atoms with Gasteiger partial charge < -0.3 is 0 Å². The van der Waals surface area contributed by atoms with Crippen LogP contribution in [0.25, 0.3) is 0 Å². The van der Waals surface area contributed by atoms with Crippen molar-refractivity contribution in [2.75, 3.05) is 0 Å². The Hall–Kier alpha value is -0.850. The van der Waals surface area contributed by atoms with Crippen molar-refractivity contribution in [2.45, 2.75) is 40.5 Å². The van der Waals surface area contributed by atoms with Crippen LogP contribution in [-0.2, 0) is 4.79 Å². The highest BCUT2D eigenvalue weighted by Crippen LogP contribution is 2.68. The number of allylic oxidation sites excluding steroid dienone is 4. The largest absolute Gasteiger partial charge is 0.295 e. The Morgan fingerprint density at radius 3 is 2.75 bits per heavy atom. The summed E-state index contributed by atoms with van der Waals surface area (Å²) in [5.41, 5.74) is 3.35. The Kier molecular flexibility index (Phi) is 1.74. The van der Waals surface area contributed by atoms with Gasteiger partial charge in [-0.05, 0) is 37.2 Å². The van der Waals surface area contributed by atoms with Gasteiger partial charge in [-0.1, -0.05) is 38.0 Å². The lowest BCUT2D eigenvalue weighted by Crippen LogP contribution is -2.29. The molecule has 2 bridgehead atoms. The highest BCUT2D eigenvalue weighted by atomic mass is 16.1. The van der Waals surface area contributed by atoms with Crippen LogP contribution in [0.4, 0.5) is 0 Å². The maximum absolute atomic E-state index is 12.0. The average molecular weight is 216 g/mol. The molecule has 3 aliphatic carbocycles. The summed E-state index contributed by atoms with van der Waals surface area (Å²) >= 11 is 0. The van der Waals surface area contributed by atoms with Crippen LogP contribution in [-0.4, -0.2) is 5.78 Å². The molecule has 0 aromatic carbocycles. The van der Waals surface area contributed by atoms with Gasteiger partial charge in [-0.15, -0.1) is 0 Å². The summed E-state index contributed by atoms with van der Waals surface area (Å²) in [6.07, 6.45) is 6.63. The van der Waals surface area contributed by atoms with Crippen LogP contribution in [0.5, 0.6) is 0 Å². The third-order valence-electron chi connectivity index (χ3n) is 5.55. The van der Waals surface area contributed by atoms with Crippen molar-refractivity contribution in [3.05, 3.63) is 23.3 Å². The topological polar surface area (TPSA) is 17.1 Å². The van der Waals surface area contributed by atoms with E-state index < -0.39 is 0 Å². The van der Waals surface area contributed by atoms with Crippen LogP contribution in [0.2, 0.25) is 0 Å². The SMILES string of the molecule is CC1=CC[C@]23C[C@H]1C(C)(C)C2=CC(=O)[C@H]3C. The Morgan fingerprint density at radius 2 is 2.06 bits per heavy atom. The summed E-state index contributed by atoms with van der Waals surface area (Å²) in [5, 5.41) is 0. The van der Waals surface area contributed by atoms with Crippen molar-refractivity contribution in [3.63, 3.8) is 0 Å². The Balaban J connectivity index is 2.21. The summed E-state index contributed by atoms with van der Waals surface area (Å²) in [6.45, 7) is 9.02. The molecule has 0 aromatic heterocycles. The molecule has 1 spiro atoms. The Bertz CT molecular complexity index is 438. The molecule has 0 saturated heterocycles. The van der Waals surface area contributed by atoms with Crippen LogP contribution in [0, 0.1) is 22.7 Å². The van der Waals surface area contributed by atoms with Gasteiger partial charge in [-0.25, -0.2) is 0 Å². The maximum Gasteiger partial charge on any atom is 0.159 e. The van der Waals surface area contributed by atoms with Gasteiger partial charge in [0.1, 0.15) is 0 Å². The molecule has 3 rings (SSSR count). The molecule has 0 aliphatic heterocycles. The molecule has 0 aromatic rings. The quantitative estimate of drug-likeness (QED) is 0.566. The molecule has 0 N–H and O–H groups in total. The minimum absolute atomic E-state index is 0.185. The molecule has 86 valence electrons. The molecule has 1 saturated carbocycles. The lowest BCUT2D eigenvalue weighted by molar-refractivity contribution is -0.119. The fourth-order valence-corrected chi connectivity index (χ4v) is 4.42. The fraction of sp³-hybridized carbons (Fsp3) is 0.667. The minimum Gasteiger partial charge on any atom is -0.295 e. The van der Waals surface area contributed by atoms with E-state index in [-0.39, 0.29) is 16.7 Å². The second kappa shape index (κ2) is 2.69. The molecule has 0 heterocycles. The van der Waals surface area contributed by atoms with Crippen molar-refractivity contribution < 1.29 is 4.79 Å². The molecule has 3 atom stereocenters. The predicted octanol–water partition coefficient (Wildman–Crippen LogP) is 3.51. The molecule has 16 heavy (non-hydrogen) atoms. The zero-order chi connectivity index (χ0) is 11.7. The van der Waals surface area contributed by atoms with E-state index in [0.29, 0.717) is 11.7 Å². The van der Waals surface area contributed by atoms with E-state index in [1.165, 1.54) is 17.6 Å². The summed E-state index contributed by atoms with van der Waals surface area (Å²) < 4.78 is 0. The van der Waals surface area contributed by atoms with E-state index >= 15 is 0 Å². The van der Waals surface area contributed by atoms with Crippen LogP contribution < -0.4 is 0 Å². The van der Waals surface area contributed by atoms with Crippen molar-refractivity contribution >= 4 is 5.78 Å². The molecular weight excluding hydrogens is 196 g/mol. The minimum atomic E-state index is 0.185. The highest BCUT2D eigenvalue weighted by Gasteiger charge is 2.61. The number of rotatable bonds is 0. The second-order valence-corrected chi connectivity index (χ2v) is 6.47. The first kappa shape index (κ1) is 10.3. The fourth-order valence-electron chi connectivity index (χ4n) is 4.42. The van der Waals surface area contributed by atoms with Gasteiger partial charge in [-0.2, -0.15) is 0 Å². The zero-order valence-corrected chi connectivity index (χ0v) is 10.6. The van der Waals surface area contributed by atoms with Gasteiger partial charge in [0, 0.05) is 11.3 Å². The summed E-state index contributed by atoms with van der Waals surface area (Å²) in [6, 6.07) is 0. The second-order valence-electron chi connectivity index (χ2n) is 6.47. The molecule has 3 aliphatic rings. The van der Waals surface area contributed by atoms with Gasteiger partial charge in [0.25, 0.3) is 0 Å². The van der Waals surface area contributed by atoms with E-state index in [0.717, 1.165) is 6.42 Å². The molecule has 1 fully saturated rings. The number of hydrogen-bond donors (Lipinski definition) is 0. The van der Waals surface area contributed by atoms with E-state index in [9.17, 15) is 4.79 Å². The molecule has 0 radical (unpaired) electrons. The average Bonchev–Trinajstić information content (AvgIpc) is 2.57.